The summed E-state index contributed by atoms with van der Waals surface area (Å²) in [7, 11) is 0. The van der Waals surface area contributed by atoms with Gasteiger partial charge in [0.2, 0.25) is 0 Å². The zero-order valence-electron chi connectivity index (χ0n) is 11.8. The van der Waals surface area contributed by atoms with Crippen molar-refractivity contribution in [2.24, 2.45) is 0 Å². The number of halogens is 1. The second-order valence-electron chi connectivity index (χ2n) is 4.80. The fourth-order valence-corrected chi connectivity index (χ4v) is 2.79. The number of benzene rings is 1. The molecule has 8 heteroatoms. The molecule has 0 aliphatic carbocycles. The Morgan fingerprint density at radius 2 is 2.26 bits per heavy atom. The lowest BCUT2D eigenvalue weighted by atomic mass is 10.1. The van der Waals surface area contributed by atoms with Gasteiger partial charge in [-0.05, 0) is 17.7 Å². The van der Waals surface area contributed by atoms with Gasteiger partial charge in [0.15, 0.2) is 4.96 Å². The Balaban J connectivity index is 1.78. The predicted octanol–water partition coefficient (Wildman–Crippen LogP) is 1.32. The highest BCUT2D eigenvalue weighted by molar-refractivity contribution is 7.15. The van der Waals surface area contributed by atoms with Crippen LogP contribution in [0.1, 0.15) is 21.5 Å². The van der Waals surface area contributed by atoms with Crippen LogP contribution in [0.5, 0.6) is 0 Å². The summed E-state index contributed by atoms with van der Waals surface area (Å²) in [5.41, 5.74) is 0.265. The molecular formula is C15H12FN3O3S. The largest absolute Gasteiger partial charge is 0.392 e. The van der Waals surface area contributed by atoms with Gasteiger partial charge in [-0.3, -0.25) is 14.0 Å². The predicted molar refractivity (Wildman–Crippen MR) is 82.8 cm³/mol. The molecule has 2 heterocycles. The zero-order chi connectivity index (χ0) is 16.4. The lowest BCUT2D eigenvalue weighted by molar-refractivity contribution is 0.0949. The maximum atomic E-state index is 13.3. The van der Waals surface area contributed by atoms with E-state index in [0.717, 1.165) is 0 Å². The number of nitrogens with zero attached hydrogens (tertiary/aromatic N) is 2. The molecule has 0 unspecified atom stereocenters. The summed E-state index contributed by atoms with van der Waals surface area (Å²) < 4.78 is 14.6. The first-order valence-electron chi connectivity index (χ1n) is 6.71. The first-order valence-corrected chi connectivity index (χ1v) is 7.59. The van der Waals surface area contributed by atoms with Gasteiger partial charge in [0.1, 0.15) is 11.4 Å². The Bertz CT molecular complexity index is 935. The molecule has 23 heavy (non-hydrogen) atoms. The van der Waals surface area contributed by atoms with Crippen molar-refractivity contribution in [3.05, 3.63) is 68.8 Å². The summed E-state index contributed by atoms with van der Waals surface area (Å²) in [6.45, 7) is -0.314. The van der Waals surface area contributed by atoms with Crippen LogP contribution >= 0.6 is 11.3 Å². The number of hydrogen-bond acceptors (Lipinski definition) is 5. The van der Waals surface area contributed by atoms with Crippen molar-refractivity contribution < 1.29 is 14.3 Å². The van der Waals surface area contributed by atoms with Gasteiger partial charge in [0.05, 0.1) is 6.61 Å². The van der Waals surface area contributed by atoms with Gasteiger partial charge in [0, 0.05) is 29.9 Å². The topological polar surface area (TPSA) is 83.7 Å². The Hall–Kier alpha value is -2.58. The molecule has 2 aromatic heterocycles. The number of fused-ring (bicyclic) bond motifs is 1. The molecule has 0 radical (unpaired) electrons. The number of aliphatic hydroxyl groups excluding tert-OH is 1. The number of aliphatic hydroxyl groups is 1. The van der Waals surface area contributed by atoms with E-state index in [9.17, 15) is 14.0 Å². The van der Waals surface area contributed by atoms with Crippen LogP contribution in [-0.2, 0) is 13.2 Å². The molecule has 0 spiro atoms. The maximum absolute atomic E-state index is 13.3. The van der Waals surface area contributed by atoms with Crippen molar-refractivity contribution in [2.45, 2.75) is 13.2 Å². The van der Waals surface area contributed by atoms with Crippen molar-refractivity contribution in [3.63, 3.8) is 0 Å². The molecule has 0 bridgehead atoms. The van der Waals surface area contributed by atoms with Crippen LogP contribution in [0.15, 0.2) is 40.8 Å². The average molecular weight is 333 g/mol. The van der Waals surface area contributed by atoms with Crippen molar-refractivity contribution in [1.82, 2.24) is 14.7 Å². The number of nitrogens with one attached hydrogen (secondary N) is 1. The van der Waals surface area contributed by atoms with Crippen LogP contribution in [0.25, 0.3) is 4.96 Å². The monoisotopic (exact) mass is 333 g/mol. The quantitative estimate of drug-likeness (QED) is 0.754. The first-order chi connectivity index (χ1) is 11.1. The van der Waals surface area contributed by atoms with Gasteiger partial charge in [-0.2, -0.15) is 0 Å². The van der Waals surface area contributed by atoms with E-state index < -0.39 is 23.9 Å². The summed E-state index contributed by atoms with van der Waals surface area (Å²) in [5.74, 6) is -1.06. The summed E-state index contributed by atoms with van der Waals surface area (Å²) in [4.78, 5) is 28.9. The lowest BCUT2D eigenvalue weighted by Gasteiger charge is -2.07. The number of hydrogen-bond donors (Lipinski definition) is 2. The summed E-state index contributed by atoms with van der Waals surface area (Å²) in [6.07, 6.45) is 2.80. The smallest absolute Gasteiger partial charge is 0.271 e. The van der Waals surface area contributed by atoms with Crippen molar-refractivity contribution in [2.75, 3.05) is 0 Å². The van der Waals surface area contributed by atoms with E-state index >= 15 is 0 Å². The summed E-state index contributed by atoms with van der Waals surface area (Å²) >= 11 is 1.30. The van der Waals surface area contributed by atoms with E-state index in [-0.39, 0.29) is 17.7 Å². The third-order valence-corrected chi connectivity index (χ3v) is 4.09. The van der Waals surface area contributed by atoms with E-state index in [4.69, 9.17) is 5.11 Å². The van der Waals surface area contributed by atoms with E-state index in [1.54, 1.807) is 11.6 Å². The molecular weight excluding hydrogens is 321 g/mol. The molecule has 2 N–H and O–H groups in total. The highest BCUT2D eigenvalue weighted by Gasteiger charge is 2.13. The Kier molecular flexibility index (Phi) is 4.18. The molecule has 1 amide bonds. The third-order valence-electron chi connectivity index (χ3n) is 3.32. The van der Waals surface area contributed by atoms with Crippen LogP contribution in [0, 0.1) is 5.82 Å². The second kappa shape index (κ2) is 6.27. The molecule has 118 valence electrons. The molecule has 0 saturated carbocycles. The minimum Gasteiger partial charge on any atom is -0.392 e. The number of rotatable bonds is 4. The highest BCUT2D eigenvalue weighted by atomic mass is 32.1. The first kappa shape index (κ1) is 15.3. The molecule has 0 atom stereocenters. The van der Waals surface area contributed by atoms with Crippen LogP contribution in [0.3, 0.4) is 0 Å². The maximum Gasteiger partial charge on any atom is 0.271 e. The molecule has 0 saturated heterocycles. The van der Waals surface area contributed by atoms with Crippen LogP contribution < -0.4 is 10.9 Å². The second-order valence-corrected chi connectivity index (χ2v) is 5.67. The van der Waals surface area contributed by atoms with Crippen molar-refractivity contribution in [1.29, 1.82) is 0 Å². The lowest BCUT2D eigenvalue weighted by Crippen LogP contribution is -2.30. The summed E-state index contributed by atoms with van der Waals surface area (Å²) in [5, 5.41) is 13.3. The highest BCUT2D eigenvalue weighted by Crippen LogP contribution is 2.11. The zero-order valence-corrected chi connectivity index (χ0v) is 12.6. The van der Waals surface area contributed by atoms with Gasteiger partial charge in [0.25, 0.3) is 11.5 Å². The SMILES string of the molecule is O=C(NCc1ccc(F)c(CO)c1)c1cnc2sccn2c1=O. The Morgan fingerprint density at radius 1 is 1.43 bits per heavy atom. The number of thiazole rings is 1. The fourth-order valence-electron chi connectivity index (χ4n) is 2.12. The number of carbonyl (C=O) groups is 1. The fraction of sp³-hybridized carbons (Fsp3) is 0.133. The van der Waals surface area contributed by atoms with Crippen LogP contribution in [-0.4, -0.2) is 20.4 Å². The molecule has 0 fully saturated rings. The van der Waals surface area contributed by atoms with E-state index in [1.807, 2.05) is 0 Å². The van der Waals surface area contributed by atoms with E-state index in [0.29, 0.717) is 10.5 Å². The molecule has 0 aliphatic heterocycles. The van der Waals surface area contributed by atoms with E-state index in [1.165, 1.54) is 40.1 Å². The molecule has 3 aromatic rings. The van der Waals surface area contributed by atoms with Gasteiger partial charge in [-0.1, -0.05) is 6.07 Å². The van der Waals surface area contributed by atoms with Gasteiger partial charge < -0.3 is 10.4 Å². The average Bonchev–Trinajstić information content (AvgIpc) is 3.03. The minimum absolute atomic E-state index is 0.0645. The number of aromatic nitrogens is 2. The molecule has 1 aromatic carbocycles. The Labute approximate surface area is 133 Å². The number of carbonyl (C=O) groups excluding carboxylic acids is 1. The Morgan fingerprint density at radius 3 is 3.04 bits per heavy atom. The minimum atomic E-state index is -0.557. The third kappa shape index (κ3) is 2.99. The van der Waals surface area contributed by atoms with Crippen LogP contribution in [0.4, 0.5) is 4.39 Å². The summed E-state index contributed by atoms with van der Waals surface area (Å²) in [6, 6.07) is 4.19. The van der Waals surface area contributed by atoms with Crippen LogP contribution in [0.2, 0.25) is 0 Å². The van der Waals surface area contributed by atoms with Gasteiger partial charge in [-0.25, -0.2) is 9.37 Å². The van der Waals surface area contributed by atoms with Gasteiger partial charge >= 0.3 is 0 Å². The standard InChI is InChI=1S/C15H12FN3O3S/c16-12-2-1-9(5-10(12)8-20)6-17-13(21)11-7-18-15-19(14(11)22)3-4-23-15/h1-5,7,20H,6,8H2,(H,17,21). The normalized spacial score (nSPS) is 10.9. The van der Waals surface area contributed by atoms with Crippen molar-refractivity contribution >= 4 is 22.2 Å². The van der Waals surface area contributed by atoms with E-state index in [2.05, 4.69) is 10.3 Å². The number of amides is 1. The molecule has 3 rings (SSSR count). The van der Waals surface area contributed by atoms with Crippen molar-refractivity contribution in [3.8, 4) is 0 Å². The van der Waals surface area contributed by atoms with Gasteiger partial charge in [-0.15, -0.1) is 11.3 Å². The molecule has 0 aliphatic rings. The molecule has 6 nitrogen and oxygen atoms in total.